The number of carbonyl (C=O) groups is 2. The highest BCUT2D eigenvalue weighted by molar-refractivity contribution is 6.02. The van der Waals surface area contributed by atoms with Gasteiger partial charge in [-0.25, -0.2) is 4.79 Å². The molecule has 0 saturated carbocycles. The predicted molar refractivity (Wildman–Crippen MR) is 192 cm³/mol. The van der Waals surface area contributed by atoms with Gasteiger partial charge in [-0.05, 0) is 100 Å². The number of hydrogen-bond acceptors (Lipinski definition) is 8. The van der Waals surface area contributed by atoms with E-state index in [-0.39, 0.29) is 30.6 Å². The molecule has 3 aromatic rings. The first-order chi connectivity index (χ1) is 23.6. The zero-order valence-electron chi connectivity index (χ0n) is 29.6. The summed E-state index contributed by atoms with van der Waals surface area (Å²) in [6.07, 6.45) is 2.27. The second-order valence-electron chi connectivity index (χ2n) is 12.9. The van der Waals surface area contributed by atoms with Crippen LogP contribution in [0.3, 0.4) is 0 Å². The van der Waals surface area contributed by atoms with E-state index in [9.17, 15) is 14.7 Å². The van der Waals surface area contributed by atoms with Crippen molar-refractivity contribution in [3.05, 3.63) is 77.9 Å². The molecule has 0 fully saturated rings. The molecule has 0 spiro atoms. The van der Waals surface area contributed by atoms with Crippen LogP contribution in [-0.2, 0) is 11.3 Å². The topological polar surface area (TPSA) is 122 Å². The van der Waals surface area contributed by atoms with Gasteiger partial charge < -0.3 is 39.6 Å². The fourth-order valence-electron chi connectivity index (χ4n) is 5.85. The van der Waals surface area contributed by atoms with Crippen molar-refractivity contribution in [2.24, 2.45) is 5.92 Å². The molecule has 1 heterocycles. The van der Waals surface area contributed by atoms with Gasteiger partial charge in [-0.15, -0.1) is 0 Å². The van der Waals surface area contributed by atoms with Crippen LogP contribution in [0.5, 0.6) is 17.2 Å². The molecular formula is C38H52N4O7. The molecule has 1 aliphatic rings. The van der Waals surface area contributed by atoms with Crippen LogP contribution in [0, 0.1) is 5.92 Å². The van der Waals surface area contributed by atoms with E-state index in [0.717, 1.165) is 37.1 Å². The normalized spacial score (nSPS) is 19.6. The molecule has 4 atom stereocenters. The summed E-state index contributed by atoms with van der Waals surface area (Å²) in [6, 6.07) is 19.2. The maximum absolute atomic E-state index is 14.4. The Kier molecular flexibility index (Phi) is 14.1. The molecule has 3 aromatic carbocycles. The number of nitrogens with one attached hydrogen (secondary N) is 2. The number of urea groups is 1. The maximum Gasteiger partial charge on any atom is 0.323 e. The minimum Gasteiger partial charge on any atom is -0.497 e. The Hall–Kier alpha value is -4.32. The van der Waals surface area contributed by atoms with Crippen LogP contribution < -0.4 is 24.8 Å². The molecule has 0 aromatic heterocycles. The summed E-state index contributed by atoms with van der Waals surface area (Å²) in [5.41, 5.74) is 2.50. The molecule has 11 heteroatoms. The summed E-state index contributed by atoms with van der Waals surface area (Å²) in [6.45, 7) is 8.04. The van der Waals surface area contributed by atoms with E-state index in [1.807, 2.05) is 26.0 Å². The van der Waals surface area contributed by atoms with Gasteiger partial charge in [-0.2, -0.15) is 0 Å². The third-order valence-corrected chi connectivity index (χ3v) is 8.76. The van der Waals surface area contributed by atoms with Gasteiger partial charge in [0.15, 0.2) is 0 Å². The first-order valence-corrected chi connectivity index (χ1v) is 17.0. The predicted octanol–water partition coefficient (Wildman–Crippen LogP) is 6.28. The summed E-state index contributed by atoms with van der Waals surface area (Å²) in [7, 11) is 5.31. The molecular weight excluding hydrogens is 624 g/mol. The van der Waals surface area contributed by atoms with Crippen molar-refractivity contribution in [2.75, 3.05) is 58.2 Å². The summed E-state index contributed by atoms with van der Waals surface area (Å²) < 4.78 is 23.3. The number of amides is 3. The summed E-state index contributed by atoms with van der Waals surface area (Å²) in [5, 5.41) is 15.9. The van der Waals surface area contributed by atoms with Gasteiger partial charge in [0.1, 0.15) is 17.2 Å². The van der Waals surface area contributed by atoms with Gasteiger partial charge >= 0.3 is 6.03 Å². The number of benzene rings is 3. The van der Waals surface area contributed by atoms with Crippen LogP contribution in [0.15, 0.2) is 66.7 Å². The molecule has 0 unspecified atom stereocenters. The number of aliphatic hydroxyl groups excluding tert-OH is 1. The SMILES string of the molecule is COc1ccc(CN(C)C[C@@H]2OCCCC[C@H](C)Oc3ccc(NC(=O)Nc4ccc(OC)cc4)cc3C(=O)N([C@@H](C)CO)C[C@H]2C)cc1. The average molecular weight is 677 g/mol. The monoisotopic (exact) mass is 676 g/mol. The van der Waals surface area contributed by atoms with Crippen molar-refractivity contribution in [3.63, 3.8) is 0 Å². The number of rotatable bonds is 10. The Morgan fingerprint density at radius 1 is 0.980 bits per heavy atom. The van der Waals surface area contributed by atoms with E-state index >= 15 is 0 Å². The summed E-state index contributed by atoms with van der Waals surface area (Å²) in [5.74, 6) is 1.58. The van der Waals surface area contributed by atoms with Gasteiger partial charge in [-0.1, -0.05) is 19.1 Å². The molecule has 4 rings (SSSR count). The highest BCUT2D eigenvalue weighted by Crippen LogP contribution is 2.29. The van der Waals surface area contributed by atoms with Crippen molar-refractivity contribution < 1.29 is 33.6 Å². The van der Waals surface area contributed by atoms with E-state index in [1.54, 1.807) is 61.6 Å². The third kappa shape index (κ3) is 11.1. The Morgan fingerprint density at radius 3 is 2.27 bits per heavy atom. The van der Waals surface area contributed by atoms with Gasteiger partial charge in [0.25, 0.3) is 5.91 Å². The molecule has 49 heavy (non-hydrogen) atoms. The highest BCUT2D eigenvalue weighted by atomic mass is 16.5. The highest BCUT2D eigenvalue weighted by Gasteiger charge is 2.30. The number of hydrogen-bond donors (Lipinski definition) is 3. The van der Waals surface area contributed by atoms with Crippen molar-refractivity contribution in [1.29, 1.82) is 0 Å². The summed E-state index contributed by atoms with van der Waals surface area (Å²) in [4.78, 5) is 31.2. The van der Waals surface area contributed by atoms with Gasteiger partial charge in [-0.3, -0.25) is 9.69 Å². The standard InChI is InChI=1S/C38H52N4O7/c1-26-22-42(27(2)25-43)37(44)34-21-31(40-38(45)39-30-12-17-33(47-6)18-13-30)14-19-35(34)49-28(3)9-7-8-20-48-36(26)24-41(4)23-29-10-15-32(46-5)16-11-29/h10-19,21,26-28,36,43H,7-9,20,22-25H2,1-6H3,(H2,39,40,45)/t26-,27+,28+,36+/m1/s1. The Bertz CT molecular complexity index is 1480. The zero-order valence-corrected chi connectivity index (χ0v) is 29.6. The fraction of sp³-hybridized carbons (Fsp3) is 0.474. The molecule has 0 radical (unpaired) electrons. The largest absolute Gasteiger partial charge is 0.497 e. The van der Waals surface area contributed by atoms with Crippen LogP contribution in [0.4, 0.5) is 16.2 Å². The van der Waals surface area contributed by atoms with Crippen molar-refractivity contribution in [1.82, 2.24) is 9.80 Å². The molecule has 3 N–H and O–H groups in total. The number of methoxy groups -OCH3 is 2. The maximum atomic E-state index is 14.4. The minimum atomic E-state index is -0.471. The third-order valence-electron chi connectivity index (χ3n) is 8.76. The van der Waals surface area contributed by atoms with Crippen molar-refractivity contribution in [3.8, 4) is 17.2 Å². The lowest BCUT2D eigenvalue weighted by Crippen LogP contribution is -2.47. The Balaban J connectivity index is 1.56. The van der Waals surface area contributed by atoms with E-state index < -0.39 is 12.1 Å². The van der Waals surface area contributed by atoms with Crippen LogP contribution >= 0.6 is 0 Å². The zero-order chi connectivity index (χ0) is 35.3. The van der Waals surface area contributed by atoms with E-state index in [1.165, 1.54) is 0 Å². The van der Waals surface area contributed by atoms with Crippen LogP contribution in [0.1, 0.15) is 56.0 Å². The number of nitrogens with zero attached hydrogens (tertiary/aromatic N) is 2. The molecule has 1 aliphatic heterocycles. The second-order valence-corrected chi connectivity index (χ2v) is 12.9. The molecule has 11 nitrogen and oxygen atoms in total. The number of aliphatic hydroxyl groups is 1. The first kappa shape index (κ1) is 37.5. The van der Waals surface area contributed by atoms with Crippen LogP contribution in [0.25, 0.3) is 0 Å². The molecule has 266 valence electrons. The quantitative estimate of drug-likeness (QED) is 0.230. The first-order valence-electron chi connectivity index (χ1n) is 17.0. The second kappa shape index (κ2) is 18.4. The van der Waals surface area contributed by atoms with Crippen molar-refractivity contribution >= 4 is 23.3 Å². The van der Waals surface area contributed by atoms with E-state index in [2.05, 4.69) is 41.6 Å². The molecule has 0 bridgehead atoms. The lowest BCUT2D eigenvalue weighted by molar-refractivity contribution is -0.0177. The number of carbonyl (C=O) groups excluding carboxylic acids is 2. The lowest BCUT2D eigenvalue weighted by atomic mass is 10.0. The molecule has 3 amide bonds. The van der Waals surface area contributed by atoms with E-state index in [4.69, 9.17) is 18.9 Å². The number of anilines is 2. The van der Waals surface area contributed by atoms with Gasteiger partial charge in [0.2, 0.25) is 0 Å². The number of ether oxygens (including phenoxy) is 4. The van der Waals surface area contributed by atoms with Gasteiger partial charge in [0, 0.05) is 43.5 Å². The molecule has 0 aliphatic carbocycles. The fourth-order valence-corrected chi connectivity index (χ4v) is 5.85. The Labute approximate surface area is 290 Å². The Morgan fingerprint density at radius 2 is 1.61 bits per heavy atom. The summed E-state index contributed by atoms with van der Waals surface area (Å²) >= 11 is 0. The van der Waals surface area contributed by atoms with E-state index in [0.29, 0.717) is 48.1 Å². The van der Waals surface area contributed by atoms with Gasteiger partial charge in [0.05, 0.1) is 44.6 Å². The van der Waals surface area contributed by atoms with Crippen LogP contribution in [0.2, 0.25) is 0 Å². The molecule has 0 saturated heterocycles. The van der Waals surface area contributed by atoms with Crippen LogP contribution in [-0.4, -0.2) is 92.7 Å². The number of fused-ring (bicyclic) bond motifs is 1. The smallest absolute Gasteiger partial charge is 0.323 e. The average Bonchev–Trinajstić information content (AvgIpc) is 3.10. The lowest BCUT2D eigenvalue weighted by Gasteiger charge is -2.36. The van der Waals surface area contributed by atoms with Crippen molar-refractivity contribution in [2.45, 2.75) is 64.8 Å². The minimum absolute atomic E-state index is 0.0564. The number of likely N-dealkylation sites (N-methyl/N-ethyl adjacent to an activating group) is 1.